The average Bonchev–Trinajstić information content (AvgIpc) is 2.82. The number of carboxylic acid groups (broad SMARTS) is 2. The lowest BCUT2D eigenvalue weighted by Crippen LogP contribution is -2.41. The van der Waals surface area contributed by atoms with Gasteiger partial charge in [0.1, 0.15) is 0 Å². The fourth-order valence-electron chi connectivity index (χ4n) is 3.82. The Morgan fingerprint density at radius 2 is 1.11 bits per heavy atom. The van der Waals surface area contributed by atoms with E-state index in [0.29, 0.717) is 11.1 Å². The van der Waals surface area contributed by atoms with Crippen molar-refractivity contribution in [2.24, 2.45) is 0 Å². The van der Waals surface area contributed by atoms with Crippen molar-refractivity contribution < 1.29 is 19.8 Å². The molecule has 0 saturated carbocycles. The number of nitrogens with zero attached hydrogens (tertiary/aromatic N) is 4. The number of carboxylic acids is 2. The lowest BCUT2D eigenvalue weighted by Gasteiger charge is -2.13. The molecule has 0 atom stereocenters. The van der Waals surface area contributed by atoms with Gasteiger partial charge in [-0.2, -0.15) is 0 Å². The molecule has 0 amide bonds. The molecule has 0 fully saturated rings. The van der Waals surface area contributed by atoms with E-state index >= 15 is 0 Å². The molecule has 36 heavy (non-hydrogen) atoms. The van der Waals surface area contributed by atoms with Crippen LogP contribution in [0.25, 0.3) is 0 Å². The van der Waals surface area contributed by atoms with Gasteiger partial charge in [-0.3, -0.25) is 37.4 Å². The first kappa shape index (κ1) is 26.1. The van der Waals surface area contributed by atoms with Crippen molar-refractivity contribution in [3.8, 4) is 0 Å². The van der Waals surface area contributed by atoms with Crippen molar-refractivity contribution in [2.75, 3.05) is 0 Å². The van der Waals surface area contributed by atoms with E-state index in [1.165, 1.54) is 35.4 Å². The Morgan fingerprint density at radius 3 is 1.47 bits per heavy atom. The van der Waals surface area contributed by atoms with E-state index in [9.17, 15) is 28.8 Å². The lowest BCUT2D eigenvalue weighted by molar-refractivity contribution is -0.138. The third-order valence-electron chi connectivity index (χ3n) is 5.62. The molecule has 0 aliphatic carbocycles. The summed E-state index contributed by atoms with van der Waals surface area (Å²) in [4.78, 5) is 72.7. The minimum absolute atomic E-state index is 0.0836. The second kappa shape index (κ2) is 10.8. The maximum absolute atomic E-state index is 12.8. The van der Waals surface area contributed by atoms with Crippen LogP contribution in [0.15, 0.2) is 55.8 Å². The highest BCUT2D eigenvalue weighted by Crippen LogP contribution is 2.07. The van der Waals surface area contributed by atoms with E-state index in [2.05, 4.69) is 0 Å². The zero-order valence-electron chi connectivity index (χ0n) is 19.8. The molecule has 0 saturated heterocycles. The van der Waals surface area contributed by atoms with Crippen LogP contribution >= 0.6 is 0 Å². The van der Waals surface area contributed by atoms with E-state index in [1.54, 1.807) is 24.3 Å². The van der Waals surface area contributed by atoms with Crippen LogP contribution in [0.4, 0.5) is 0 Å². The molecule has 2 N–H and O–H groups in total. The summed E-state index contributed by atoms with van der Waals surface area (Å²) in [6, 6.07) is 6.69. The van der Waals surface area contributed by atoms with E-state index in [-0.39, 0.29) is 50.1 Å². The van der Waals surface area contributed by atoms with E-state index in [4.69, 9.17) is 10.2 Å². The summed E-state index contributed by atoms with van der Waals surface area (Å²) in [6.07, 6.45) is 2.12. The van der Waals surface area contributed by atoms with Gasteiger partial charge in [-0.05, 0) is 25.0 Å². The van der Waals surface area contributed by atoms with Gasteiger partial charge in [0.2, 0.25) is 0 Å². The fraction of sp³-hybridized carbons (Fsp3) is 0.333. The number of rotatable bonds is 10. The third kappa shape index (κ3) is 5.95. The minimum atomic E-state index is -1.07. The molecule has 1 aromatic carbocycles. The van der Waals surface area contributed by atoms with E-state index in [0.717, 1.165) is 9.13 Å². The summed E-state index contributed by atoms with van der Waals surface area (Å²) in [6.45, 7) is 2.72. The Labute approximate surface area is 203 Å². The Hall–Kier alpha value is -4.48. The van der Waals surface area contributed by atoms with Crippen molar-refractivity contribution in [3.05, 3.63) is 101 Å². The van der Waals surface area contributed by atoms with Crippen LogP contribution in [-0.4, -0.2) is 40.4 Å². The number of benzene rings is 1. The first-order valence-electron chi connectivity index (χ1n) is 11.1. The predicted molar refractivity (Wildman–Crippen MR) is 129 cm³/mol. The maximum Gasteiger partial charge on any atom is 0.331 e. The van der Waals surface area contributed by atoms with Crippen molar-refractivity contribution >= 4 is 11.9 Å². The van der Waals surface area contributed by atoms with Crippen molar-refractivity contribution in [2.45, 2.75) is 52.9 Å². The SMILES string of the molecule is Cc1cn(CCC(=O)O)c(=O)n(Cc2cccc(Cn3c(=O)c(C)cn(CCC(=O)O)c3=O)c2)c1=O. The van der Waals surface area contributed by atoms with Crippen LogP contribution in [0.2, 0.25) is 0 Å². The number of carbonyl (C=O) groups is 2. The molecular formula is C24H26N4O8. The smallest absolute Gasteiger partial charge is 0.331 e. The highest BCUT2D eigenvalue weighted by Gasteiger charge is 2.13. The number of aryl methyl sites for hydroxylation is 4. The summed E-state index contributed by atoms with van der Waals surface area (Å²) >= 11 is 0. The average molecular weight is 498 g/mol. The van der Waals surface area contributed by atoms with Gasteiger partial charge in [0.05, 0.1) is 25.9 Å². The van der Waals surface area contributed by atoms with Crippen LogP contribution in [0, 0.1) is 13.8 Å². The van der Waals surface area contributed by atoms with Crippen molar-refractivity contribution in [3.63, 3.8) is 0 Å². The molecule has 0 radical (unpaired) electrons. The summed E-state index contributed by atoms with van der Waals surface area (Å²) in [5.74, 6) is -2.14. The molecule has 190 valence electrons. The summed E-state index contributed by atoms with van der Waals surface area (Å²) < 4.78 is 4.38. The number of aromatic nitrogens is 4. The normalized spacial score (nSPS) is 10.9. The van der Waals surface area contributed by atoms with Gasteiger partial charge < -0.3 is 10.2 Å². The first-order valence-corrected chi connectivity index (χ1v) is 11.1. The molecule has 3 aromatic rings. The first-order chi connectivity index (χ1) is 17.0. The lowest BCUT2D eigenvalue weighted by atomic mass is 10.1. The van der Waals surface area contributed by atoms with Crippen molar-refractivity contribution in [1.82, 2.24) is 18.3 Å². The Balaban J connectivity index is 1.95. The Bertz CT molecular complexity index is 1450. The van der Waals surface area contributed by atoms with Gasteiger partial charge in [0.15, 0.2) is 0 Å². The van der Waals surface area contributed by atoms with Crippen LogP contribution in [0.3, 0.4) is 0 Å². The molecule has 12 nitrogen and oxygen atoms in total. The van der Waals surface area contributed by atoms with E-state index in [1.807, 2.05) is 0 Å². The van der Waals surface area contributed by atoms with E-state index < -0.39 is 34.4 Å². The molecule has 12 heteroatoms. The quantitative estimate of drug-likeness (QED) is 0.394. The van der Waals surface area contributed by atoms with Gasteiger partial charge >= 0.3 is 23.3 Å². The second-order valence-corrected chi connectivity index (χ2v) is 8.47. The number of aliphatic carboxylic acids is 2. The van der Waals surface area contributed by atoms with Crippen LogP contribution in [0.5, 0.6) is 0 Å². The maximum atomic E-state index is 12.8. The zero-order chi connectivity index (χ0) is 26.6. The zero-order valence-corrected chi connectivity index (χ0v) is 19.8. The molecule has 3 rings (SSSR count). The molecule has 0 aliphatic heterocycles. The van der Waals surface area contributed by atoms with Crippen molar-refractivity contribution in [1.29, 1.82) is 0 Å². The largest absolute Gasteiger partial charge is 0.481 e. The third-order valence-corrected chi connectivity index (χ3v) is 5.62. The summed E-state index contributed by atoms with van der Waals surface area (Å²) in [5.41, 5.74) is -0.611. The topological polar surface area (TPSA) is 163 Å². The number of hydrogen-bond donors (Lipinski definition) is 2. The minimum Gasteiger partial charge on any atom is -0.481 e. The highest BCUT2D eigenvalue weighted by molar-refractivity contribution is 5.66. The van der Waals surface area contributed by atoms with Crippen LogP contribution in [-0.2, 0) is 35.8 Å². The summed E-state index contributed by atoms with van der Waals surface area (Å²) in [5, 5.41) is 17.8. The van der Waals surface area contributed by atoms with Crippen LogP contribution < -0.4 is 22.5 Å². The number of hydrogen-bond acceptors (Lipinski definition) is 6. The highest BCUT2D eigenvalue weighted by atomic mass is 16.4. The summed E-state index contributed by atoms with van der Waals surface area (Å²) in [7, 11) is 0. The van der Waals surface area contributed by atoms with Gasteiger partial charge in [0.25, 0.3) is 11.1 Å². The van der Waals surface area contributed by atoms with Gasteiger partial charge in [0, 0.05) is 36.6 Å². The Kier molecular flexibility index (Phi) is 7.87. The second-order valence-electron chi connectivity index (χ2n) is 8.47. The predicted octanol–water partition coefficient (Wildman–Crippen LogP) is -0.00376. The fourth-order valence-corrected chi connectivity index (χ4v) is 3.82. The van der Waals surface area contributed by atoms with Crippen LogP contribution in [0.1, 0.15) is 35.1 Å². The molecule has 0 aliphatic rings. The molecule has 0 unspecified atom stereocenters. The molecule has 2 aromatic heterocycles. The van der Waals surface area contributed by atoms with Gasteiger partial charge in [-0.25, -0.2) is 9.59 Å². The Morgan fingerprint density at radius 1 is 0.722 bits per heavy atom. The molecule has 2 heterocycles. The monoisotopic (exact) mass is 498 g/mol. The molecule has 0 spiro atoms. The van der Waals surface area contributed by atoms with Gasteiger partial charge in [-0.1, -0.05) is 24.3 Å². The van der Waals surface area contributed by atoms with Gasteiger partial charge in [-0.15, -0.1) is 0 Å². The molecule has 0 bridgehead atoms. The molecular weight excluding hydrogens is 472 g/mol. The standard InChI is InChI=1S/C24H26N4O8/c1-15-11-25(8-6-19(29)30)23(35)27(21(15)33)13-17-4-3-5-18(10-17)14-28-22(34)16(2)12-26(24(28)36)9-7-20(31)32/h3-5,10-12H,6-9,13-14H2,1-2H3,(H,29,30)(H,31,32).